The van der Waals surface area contributed by atoms with Crippen LogP contribution < -0.4 is 4.90 Å². The lowest BCUT2D eigenvalue weighted by atomic mass is 10.2. The Morgan fingerprint density at radius 1 is 1.15 bits per heavy atom. The van der Waals surface area contributed by atoms with E-state index in [1.54, 1.807) is 0 Å². The lowest BCUT2D eigenvalue weighted by molar-refractivity contribution is 0.849. The number of amidine groups is 1. The van der Waals surface area contributed by atoms with Gasteiger partial charge in [-0.25, -0.2) is 0 Å². The van der Waals surface area contributed by atoms with Gasteiger partial charge in [0.25, 0.3) is 0 Å². The van der Waals surface area contributed by atoms with Crippen molar-refractivity contribution in [1.82, 2.24) is 0 Å². The van der Waals surface area contributed by atoms with Gasteiger partial charge in [-0.2, -0.15) is 0 Å². The highest BCUT2D eigenvalue weighted by Crippen LogP contribution is 2.39. The van der Waals surface area contributed by atoms with Crippen LogP contribution in [0.3, 0.4) is 0 Å². The van der Waals surface area contributed by atoms with E-state index in [2.05, 4.69) is 48.0 Å². The molecule has 0 amide bonds. The molecule has 1 heterocycles. The fraction of sp³-hybridized carbons (Fsp3) is 0.364. The highest BCUT2D eigenvalue weighted by molar-refractivity contribution is 6.22. The number of hydrogen-bond donors (Lipinski definition) is 0. The molecule has 2 nitrogen and oxygen atoms in total. The summed E-state index contributed by atoms with van der Waals surface area (Å²) in [5.41, 5.74) is 1.35. The van der Waals surface area contributed by atoms with Crippen LogP contribution in [-0.2, 0) is 0 Å². The standard InChI is InChI=1S/C11H14N2/c1-11(2)10(12-3)13(11)9-7-5-4-6-8-9/h4-8H,1-3H3. The molecular weight excluding hydrogens is 160 g/mol. The van der Waals surface area contributed by atoms with E-state index in [0.29, 0.717) is 0 Å². The Hall–Kier alpha value is -1.31. The molecule has 1 aromatic carbocycles. The molecule has 13 heavy (non-hydrogen) atoms. The highest BCUT2D eigenvalue weighted by Gasteiger charge is 2.51. The molecule has 1 fully saturated rings. The minimum atomic E-state index is 0.121. The zero-order valence-corrected chi connectivity index (χ0v) is 8.28. The molecule has 0 spiro atoms. The van der Waals surface area contributed by atoms with E-state index in [-0.39, 0.29) is 5.54 Å². The average Bonchev–Trinajstić information content (AvgIpc) is 2.69. The summed E-state index contributed by atoms with van der Waals surface area (Å²) in [6, 6.07) is 10.4. The summed E-state index contributed by atoms with van der Waals surface area (Å²) in [6.07, 6.45) is 0. The number of hydrogen-bond acceptors (Lipinski definition) is 1. The summed E-state index contributed by atoms with van der Waals surface area (Å²) in [6.45, 7) is 4.37. The molecule has 2 rings (SSSR count). The zero-order chi connectivity index (χ0) is 9.47. The van der Waals surface area contributed by atoms with Gasteiger partial charge < -0.3 is 4.90 Å². The van der Waals surface area contributed by atoms with Gasteiger partial charge in [0.05, 0.1) is 5.54 Å². The molecule has 1 saturated heterocycles. The summed E-state index contributed by atoms with van der Waals surface area (Å²) in [5.74, 6) is 1.17. The topological polar surface area (TPSA) is 15.4 Å². The van der Waals surface area contributed by atoms with Crippen molar-refractivity contribution in [2.45, 2.75) is 19.4 Å². The third kappa shape index (κ3) is 1.13. The van der Waals surface area contributed by atoms with Crippen molar-refractivity contribution in [2.75, 3.05) is 11.9 Å². The van der Waals surface area contributed by atoms with Crippen LogP contribution in [-0.4, -0.2) is 18.4 Å². The van der Waals surface area contributed by atoms with Crippen molar-refractivity contribution in [3.8, 4) is 0 Å². The second kappa shape index (κ2) is 2.59. The Kier molecular flexibility index (Phi) is 1.65. The summed E-state index contributed by atoms with van der Waals surface area (Å²) in [4.78, 5) is 6.50. The zero-order valence-electron chi connectivity index (χ0n) is 8.28. The predicted molar refractivity (Wildman–Crippen MR) is 56.4 cm³/mol. The third-order valence-corrected chi connectivity index (χ3v) is 2.49. The largest absolute Gasteiger partial charge is 0.315 e. The van der Waals surface area contributed by atoms with Crippen LogP contribution in [0.25, 0.3) is 0 Å². The Morgan fingerprint density at radius 3 is 2.23 bits per heavy atom. The molecule has 1 aliphatic rings. The van der Waals surface area contributed by atoms with Crippen LogP contribution in [0.15, 0.2) is 35.3 Å². The molecule has 1 aromatic rings. The SMILES string of the molecule is CN=C1N(c2ccccc2)C1(C)C. The van der Waals surface area contributed by atoms with Crippen LogP contribution in [0.4, 0.5) is 5.69 Å². The molecular formula is C11H14N2. The van der Waals surface area contributed by atoms with Crippen LogP contribution >= 0.6 is 0 Å². The van der Waals surface area contributed by atoms with Crippen molar-refractivity contribution in [1.29, 1.82) is 0 Å². The molecule has 0 unspecified atom stereocenters. The van der Waals surface area contributed by atoms with Crippen molar-refractivity contribution >= 4 is 11.5 Å². The molecule has 1 aliphatic heterocycles. The molecule has 0 radical (unpaired) electrons. The van der Waals surface area contributed by atoms with Crippen LogP contribution in [0.5, 0.6) is 0 Å². The second-order valence-corrected chi connectivity index (χ2v) is 3.78. The number of rotatable bonds is 1. The molecule has 0 N–H and O–H groups in total. The summed E-state index contributed by atoms with van der Waals surface area (Å²) in [7, 11) is 1.85. The fourth-order valence-electron chi connectivity index (χ4n) is 1.79. The minimum Gasteiger partial charge on any atom is -0.315 e. The molecule has 0 aromatic heterocycles. The number of anilines is 1. The fourth-order valence-corrected chi connectivity index (χ4v) is 1.79. The van der Waals surface area contributed by atoms with Gasteiger partial charge in [-0.3, -0.25) is 4.99 Å². The number of aliphatic imine (C=N–C) groups is 1. The smallest absolute Gasteiger partial charge is 0.130 e. The molecule has 68 valence electrons. The van der Waals surface area contributed by atoms with E-state index in [4.69, 9.17) is 0 Å². The maximum Gasteiger partial charge on any atom is 0.130 e. The van der Waals surface area contributed by atoms with E-state index >= 15 is 0 Å². The summed E-state index contributed by atoms with van der Waals surface area (Å²) < 4.78 is 0. The maximum atomic E-state index is 4.25. The summed E-state index contributed by atoms with van der Waals surface area (Å²) >= 11 is 0. The van der Waals surface area contributed by atoms with Gasteiger partial charge >= 0.3 is 0 Å². The molecule has 0 bridgehead atoms. The minimum absolute atomic E-state index is 0.121. The first-order chi connectivity index (χ1) is 6.18. The number of para-hydroxylation sites is 1. The normalized spacial score (nSPS) is 22.1. The van der Waals surface area contributed by atoms with E-state index in [0.717, 1.165) is 0 Å². The highest BCUT2D eigenvalue weighted by atomic mass is 15.4. The second-order valence-electron chi connectivity index (χ2n) is 3.78. The lowest BCUT2D eigenvalue weighted by Crippen LogP contribution is -2.06. The van der Waals surface area contributed by atoms with Crippen molar-refractivity contribution in [3.63, 3.8) is 0 Å². The van der Waals surface area contributed by atoms with Gasteiger partial charge in [0.1, 0.15) is 5.84 Å². The van der Waals surface area contributed by atoms with Crippen LogP contribution in [0, 0.1) is 0 Å². The molecule has 0 saturated carbocycles. The summed E-state index contributed by atoms with van der Waals surface area (Å²) in [5, 5.41) is 0. The lowest BCUT2D eigenvalue weighted by Gasteiger charge is -2.04. The van der Waals surface area contributed by atoms with Gasteiger partial charge in [-0.05, 0) is 26.0 Å². The molecule has 0 aliphatic carbocycles. The van der Waals surface area contributed by atoms with Crippen LogP contribution in [0.2, 0.25) is 0 Å². The van der Waals surface area contributed by atoms with Gasteiger partial charge in [-0.1, -0.05) is 18.2 Å². The average molecular weight is 174 g/mol. The van der Waals surface area contributed by atoms with Gasteiger partial charge in [0.2, 0.25) is 0 Å². The first-order valence-corrected chi connectivity index (χ1v) is 4.50. The van der Waals surface area contributed by atoms with E-state index in [9.17, 15) is 0 Å². The monoisotopic (exact) mass is 174 g/mol. The Bertz CT molecular complexity index is 338. The Balaban J connectivity index is 2.33. The molecule has 0 atom stereocenters. The van der Waals surface area contributed by atoms with Gasteiger partial charge in [0.15, 0.2) is 0 Å². The van der Waals surface area contributed by atoms with E-state index < -0.39 is 0 Å². The quantitative estimate of drug-likeness (QED) is 0.596. The van der Waals surface area contributed by atoms with Crippen LogP contribution in [0.1, 0.15) is 13.8 Å². The number of nitrogens with zero attached hydrogens (tertiary/aromatic N) is 2. The van der Waals surface area contributed by atoms with Gasteiger partial charge in [-0.15, -0.1) is 0 Å². The van der Waals surface area contributed by atoms with Crippen molar-refractivity contribution in [2.24, 2.45) is 4.99 Å². The molecule has 2 heteroatoms. The maximum absolute atomic E-state index is 4.25. The predicted octanol–water partition coefficient (Wildman–Crippen LogP) is 2.31. The first kappa shape index (κ1) is 8.30. The first-order valence-electron chi connectivity index (χ1n) is 4.50. The third-order valence-electron chi connectivity index (χ3n) is 2.49. The van der Waals surface area contributed by atoms with Crippen molar-refractivity contribution < 1.29 is 0 Å². The van der Waals surface area contributed by atoms with E-state index in [1.165, 1.54) is 11.5 Å². The Labute approximate surface area is 78.9 Å². The van der Waals surface area contributed by atoms with Crippen molar-refractivity contribution in [3.05, 3.63) is 30.3 Å². The van der Waals surface area contributed by atoms with E-state index in [1.807, 2.05) is 13.1 Å². The Morgan fingerprint density at radius 2 is 1.77 bits per heavy atom. The number of benzene rings is 1. The van der Waals surface area contributed by atoms with Gasteiger partial charge in [0, 0.05) is 12.7 Å².